The predicted molar refractivity (Wildman–Crippen MR) is 226 cm³/mol. The van der Waals surface area contributed by atoms with Crippen LogP contribution < -0.4 is 10.3 Å². The van der Waals surface area contributed by atoms with Crippen molar-refractivity contribution in [3.63, 3.8) is 0 Å². The number of furan rings is 1. The Bertz CT molecular complexity index is 2190. The normalized spacial score (nSPS) is 30.9. The Morgan fingerprint density at radius 1 is 0.782 bits per heavy atom. The molecule has 2 aliphatic heterocycles. The van der Waals surface area contributed by atoms with Crippen molar-refractivity contribution >= 4 is 11.4 Å². The lowest BCUT2D eigenvalue weighted by Gasteiger charge is -2.37. The minimum atomic E-state index is 0.197. The van der Waals surface area contributed by atoms with Gasteiger partial charge in [0.25, 0.3) is 0 Å². The molecule has 55 heavy (non-hydrogen) atoms. The summed E-state index contributed by atoms with van der Waals surface area (Å²) < 4.78 is 7.19. The van der Waals surface area contributed by atoms with Crippen LogP contribution in [0.2, 0.25) is 0 Å². The van der Waals surface area contributed by atoms with E-state index in [9.17, 15) is 0 Å². The summed E-state index contributed by atoms with van der Waals surface area (Å²) >= 11 is 0. The van der Waals surface area contributed by atoms with E-state index in [2.05, 4.69) is 138 Å². The minimum Gasteiger partial charge on any atom is -0.460 e. The Morgan fingerprint density at radius 3 is 2.49 bits per heavy atom. The maximum absolute atomic E-state index is 7.19. The number of rotatable bonds is 7. The third-order valence-electron chi connectivity index (χ3n) is 13.3. The second-order valence-electron chi connectivity index (χ2n) is 16.7. The summed E-state index contributed by atoms with van der Waals surface area (Å²) in [6, 6.07) is 11.0. The SMILES string of the molecule is C1=CCCC(C2=[NH+]C(C3C=CC=CC3)NC(C3C=CC(C4=CC5c6c(C7CC=CCC7)oc(-c7ccccc7)c6C(C6=CCCC=C6)=NC5CC4)CC3)=C2)=C1. The summed E-state index contributed by atoms with van der Waals surface area (Å²) in [5.74, 6) is 4.16. The third kappa shape index (κ3) is 6.83. The van der Waals surface area contributed by atoms with Gasteiger partial charge in [-0.25, -0.2) is 4.99 Å². The lowest BCUT2D eigenvalue weighted by Crippen LogP contribution is -2.87. The highest BCUT2D eigenvalue weighted by molar-refractivity contribution is 6.19. The molecule has 0 amide bonds. The van der Waals surface area contributed by atoms with Crippen LogP contribution >= 0.6 is 0 Å². The summed E-state index contributed by atoms with van der Waals surface area (Å²) in [7, 11) is 0. The first-order chi connectivity index (χ1) is 27.3. The van der Waals surface area contributed by atoms with Gasteiger partial charge in [-0.05, 0) is 88.5 Å². The molecule has 1 aromatic carbocycles. The molecule has 1 aromatic heterocycles. The lowest BCUT2D eigenvalue weighted by atomic mass is 9.71. The van der Waals surface area contributed by atoms with Gasteiger partial charge in [0.2, 0.25) is 11.9 Å². The summed E-state index contributed by atoms with van der Waals surface area (Å²) in [5.41, 5.74) is 12.0. The van der Waals surface area contributed by atoms with E-state index in [0.29, 0.717) is 23.7 Å². The molecule has 8 aliphatic rings. The summed E-state index contributed by atoms with van der Waals surface area (Å²) in [4.78, 5) is 9.58. The van der Waals surface area contributed by atoms with Crippen molar-refractivity contribution in [1.29, 1.82) is 0 Å². The Balaban J connectivity index is 0.984. The van der Waals surface area contributed by atoms with Crippen LogP contribution in [-0.4, -0.2) is 23.6 Å². The second-order valence-corrected chi connectivity index (χ2v) is 16.7. The quantitative estimate of drug-likeness (QED) is 0.279. The average Bonchev–Trinajstić information content (AvgIpc) is 3.69. The molecule has 0 bridgehead atoms. The molecular formula is C51H54N3O+. The number of hydrogen-bond acceptors (Lipinski definition) is 3. The van der Waals surface area contributed by atoms with Gasteiger partial charge in [-0.2, -0.15) is 0 Å². The maximum atomic E-state index is 7.19. The molecule has 6 aliphatic carbocycles. The Morgan fingerprint density at radius 2 is 1.71 bits per heavy atom. The molecule has 10 rings (SSSR count). The molecule has 4 heteroatoms. The highest BCUT2D eigenvalue weighted by Gasteiger charge is 2.42. The highest BCUT2D eigenvalue weighted by Crippen LogP contribution is 2.51. The predicted octanol–water partition coefficient (Wildman–Crippen LogP) is 10.3. The fourth-order valence-corrected chi connectivity index (χ4v) is 10.3. The standard InChI is InChI=1S/C51H53N3O/c1-6-16-35(17-7-1)44-33-45(54-51(53-44)40-24-14-5-15-25-40)36-28-26-34(27-29-36)41-30-31-43-42(32-41)46-47(48(52-43)37-18-8-2-9-19-37)50(39-22-12-4-13-23-39)55-49(46)38-20-10-3-11-21-38/h1,3-6,8,10,12-16,18-19,22-24,26,28,32-34,36,38,40,42-43,51,54H,2,7,9,11,17,20-21,25,27,29-31H2/p+1. The van der Waals surface area contributed by atoms with Gasteiger partial charge in [0, 0.05) is 46.2 Å². The summed E-state index contributed by atoms with van der Waals surface area (Å²) in [6.45, 7) is 0. The van der Waals surface area contributed by atoms with Gasteiger partial charge in [0.05, 0.1) is 23.2 Å². The first-order valence-corrected chi connectivity index (χ1v) is 21.3. The van der Waals surface area contributed by atoms with Crippen LogP contribution in [0.4, 0.5) is 0 Å². The zero-order chi connectivity index (χ0) is 36.6. The monoisotopic (exact) mass is 724 g/mol. The number of aliphatic imine (C=N–C) groups is 1. The van der Waals surface area contributed by atoms with Crippen molar-refractivity contribution in [2.45, 2.75) is 101 Å². The van der Waals surface area contributed by atoms with E-state index < -0.39 is 0 Å². The number of allylic oxidation sites excluding steroid dienone is 17. The number of benzene rings is 1. The fraction of sp³-hybridized carbons (Fsp3) is 0.373. The van der Waals surface area contributed by atoms with Crippen LogP contribution in [0.15, 0.2) is 159 Å². The van der Waals surface area contributed by atoms with Gasteiger partial charge in [0.1, 0.15) is 11.5 Å². The third-order valence-corrected chi connectivity index (χ3v) is 13.3. The van der Waals surface area contributed by atoms with Gasteiger partial charge in [0.15, 0.2) is 0 Å². The first kappa shape index (κ1) is 34.5. The van der Waals surface area contributed by atoms with E-state index in [1.165, 1.54) is 45.9 Å². The van der Waals surface area contributed by atoms with Crippen molar-refractivity contribution in [3.05, 3.63) is 167 Å². The number of nitrogens with zero attached hydrogens (tertiary/aromatic N) is 1. The van der Waals surface area contributed by atoms with Crippen LogP contribution in [0.25, 0.3) is 11.3 Å². The van der Waals surface area contributed by atoms with E-state index in [1.54, 1.807) is 5.57 Å². The molecule has 7 atom stereocenters. The van der Waals surface area contributed by atoms with Crippen LogP contribution in [-0.2, 0) is 0 Å². The maximum Gasteiger partial charge on any atom is 0.231 e. The molecule has 2 aromatic rings. The van der Waals surface area contributed by atoms with Crippen molar-refractivity contribution in [2.24, 2.45) is 22.7 Å². The smallest absolute Gasteiger partial charge is 0.231 e. The van der Waals surface area contributed by atoms with Crippen LogP contribution in [0.5, 0.6) is 0 Å². The average molecular weight is 725 g/mol. The van der Waals surface area contributed by atoms with E-state index >= 15 is 0 Å². The first-order valence-electron chi connectivity index (χ1n) is 21.3. The Labute approximate surface area is 327 Å². The van der Waals surface area contributed by atoms with Crippen molar-refractivity contribution in [3.8, 4) is 11.3 Å². The molecule has 7 unspecified atom stereocenters. The van der Waals surface area contributed by atoms with Crippen LogP contribution in [0.1, 0.15) is 106 Å². The molecule has 3 heterocycles. The number of hydrogen-bond donors (Lipinski definition) is 2. The summed E-state index contributed by atoms with van der Waals surface area (Å²) in [6.07, 6.45) is 51.3. The van der Waals surface area contributed by atoms with Gasteiger partial charge in [-0.3, -0.25) is 4.99 Å². The van der Waals surface area contributed by atoms with E-state index in [0.717, 1.165) is 87.7 Å². The molecular weight excluding hydrogens is 671 g/mol. The molecule has 0 radical (unpaired) electrons. The molecule has 278 valence electrons. The van der Waals surface area contributed by atoms with Gasteiger partial charge in [-0.15, -0.1) is 0 Å². The molecule has 2 N–H and O–H groups in total. The Hall–Kier alpha value is -4.96. The molecule has 0 spiro atoms. The second kappa shape index (κ2) is 15.3. The van der Waals surface area contributed by atoms with Crippen LogP contribution in [0.3, 0.4) is 0 Å². The van der Waals surface area contributed by atoms with Crippen molar-refractivity contribution in [2.75, 3.05) is 0 Å². The summed E-state index contributed by atoms with van der Waals surface area (Å²) in [5, 5.41) is 3.98. The van der Waals surface area contributed by atoms with E-state index in [1.807, 2.05) is 0 Å². The zero-order valence-electron chi connectivity index (χ0n) is 32.0. The highest BCUT2D eigenvalue weighted by atomic mass is 16.3. The van der Waals surface area contributed by atoms with Gasteiger partial charge in [-0.1, -0.05) is 127 Å². The van der Waals surface area contributed by atoms with Gasteiger partial charge < -0.3 is 9.73 Å². The van der Waals surface area contributed by atoms with E-state index in [-0.39, 0.29) is 18.1 Å². The molecule has 0 saturated heterocycles. The molecule has 0 saturated carbocycles. The number of fused-ring (bicyclic) bond motifs is 3. The lowest BCUT2D eigenvalue weighted by molar-refractivity contribution is -0.518. The van der Waals surface area contributed by atoms with Gasteiger partial charge >= 0.3 is 0 Å². The van der Waals surface area contributed by atoms with Crippen molar-refractivity contribution in [1.82, 2.24) is 5.32 Å². The Kier molecular flexibility index (Phi) is 9.60. The number of nitrogens with one attached hydrogen (secondary N) is 2. The largest absolute Gasteiger partial charge is 0.460 e. The minimum absolute atomic E-state index is 0.197. The molecule has 4 nitrogen and oxygen atoms in total. The molecule has 0 fully saturated rings. The zero-order valence-corrected chi connectivity index (χ0v) is 32.0. The van der Waals surface area contributed by atoms with E-state index in [4.69, 9.17) is 9.41 Å². The van der Waals surface area contributed by atoms with Crippen LogP contribution in [0, 0.1) is 17.8 Å². The van der Waals surface area contributed by atoms with Crippen molar-refractivity contribution < 1.29 is 9.41 Å². The topological polar surface area (TPSA) is 51.5 Å². The fourth-order valence-electron chi connectivity index (χ4n) is 10.3.